The average Bonchev–Trinajstić information content (AvgIpc) is 3.30. The Bertz CT molecular complexity index is 1320. The zero-order valence-corrected chi connectivity index (χ0v) is 19.3. The van der Waals surface area contributed by atoms with Crippen LogP contribution in [0.15, 0.2) is 72.8 Å². The van der Waals surface area contributed by atoms with Crippen LogP contribution in [-0.4, -0.2) is 36.2 Å². The van der Waals surface area contributed by atoms with Gasteiger partial charge in [0, 0.05) is 6.54 Å². The lowest BCUT2D eigenvalue weighted by Gasteiger charge is -2.16. The third-order valence-electron chi connectivity index (χ3n) is 7.11. The molecule has 0 radical (unpaired) electrons. The summed E-state index contributed by atoms with van der Waals surface area (Å²) in [7, 11) is 0. The molecule has 0 saturated carbocycles. The van der Waals surface area contributed by atoms with Gasteiger partial charge in [-0.3, -0.25) is 4.90 Å². The van der Waals surface area contributed by atoms with E-state index in [1.54, 1.807) is 6.07 Å². The lowest BCUT2D eigenvalue weighted by molar-refractivity contribution is 0.111. The number of phenolic OH excluding ortho intramolecular Hbond substituents is 1. The summed E-state index contributed by atoms with van der Waals surface area (Å²) in [4.78, 5) is 2.47. The fourth-order valence-corrected chi connectivity index (χ4v) is 5.34. The molecule has 1 saturated heterocycles. The number of rotatable bonds is 5. The van der Waals surface area contributed by atoms with Gasteiger partial charge in [0.2, 0.25) is 0 Å². The van der Waals surface area contributed by atoms with Gasteiger partial charge in [-0.1, -0.05) is 48.5 Å². The first-order valence-electron chi connectivity index (χ1n) is 12.2. The average molecular weight is 452 g/mol. The lowest BCUT2D eigenvalue weighted by atomic mass is 9.89. The van der Waals surface area contributed by atoms with E-state index in [-0.39, 0.29) is 5.75 Å². The van der Waals surface area contributed by atoms with Gasteiger partial charge in [0.05, 0.1) is 13.2 Å². The van der Waals surface area contributed by atoms with Gasteiger partial charge in [0.25, 0.3) is 0 Å². The van der Waals surface area contributed by atoms with Crippen molar-refractivity contribution < 1.29 is 14.6 Å². The van der Waals surface area contributed by atoms with Gasteiger partial charge in [-0.15, -0.1) is 0 Å². The Morgan fingerprint density at radius 1 is 0.794 bits per heavy atom. The fraction of sp³-hybridized carbons (Fsp3) is 0.267. The van der Waals surface area contributed by atoms with Crippen LogP contribution in [-0.2, 0) is 18.0 Å². The van der Waals surface area contributed by atoms with E-state index >= 15 is 0 Å². The maximum absolute atomic E-state index is 9.88. The molecule has 4 aromatic carbocycles. The molecule has 0 bridgehead atoms. The molecule has 2 aliphatic heterocycles. The SMILES string of the molecule is Oc1ccc2c3c(ccc2c1)-c1cccc(-c2ccc(OCCN4CCCC4)cc2)c1COC3. The Hall–Kier alpha value is -3.34. The van der Waals surface area contributed by atoms with E-state index in [1.165, 1.54) is 59.3 Å². The minimum Gasteiger partial charge on any atom is -0.508 e. The molecule has 6 rings (SSSR count). The number of phenols is 1. The molecule has 4 nitrogen and oxygen atoms in total. The van der Waals surface area contributed by atoms with Crippen LogP contribution in [0.4, 0.5) is 0 Å². The zero-order valence-electron chi connectivity index (χ0n) is 19.3. The van der Waals surface area contributed by atoms with Gasteiger partial charge in [0.1, 0.15) is 18.1 Å². The smallest absolute Gasteiger partial charge is 0.119 e. The van der Waals surface area contributed by atoms with Crippen LogP contribution >= 0.6 is 0 Å². The second-order valence-electron chi connectivity index (χ2n) is 9.24. The van der Waals surface area contributed by atoms with Gasteiger partial charge in [-0.25, -0.2) is 0 Å². The summed E-state index contributed by atoms with van der Waals surface area (Å²) in [5, 5.41) is 12.0. The van der Waals surface area contributed by atoms with E-state index in [9.17, 15) is 5.11 Å². The molecule has 172 valence electrons. The first-order valence-corrected chi connectivity index (χ1v) is 12.2. The Morgan fingerprint density at radius 3 is 2.41 bits per heavy atom. The molecule has 0 atom stereocenters. The largest absolute Gasteiger partial charge is 0.508 e. The lowest BCUT2D eigenvalue weighted by Crippen LogP contribution is -2.25. The standard InChI is InChI=1S/C30H29NO3/c32-23-9-13-26-22(18-23)8-12-28-27-5-3-4-25(29(27)19-33-20-30(26)28)21-6-10-24(11-7-21)34-17-16-31-14-1-2-15-31/h3-13,18,32H,1-2,14-17,19-20H2. The molecule has 1 fully saturated rings. The summed E-state index contributed by atoms with van der Waals surface area (Å²) in [6, 6.07) is 24.7. The molecule has 2 aliphatic rings. The van der Waals surface area contributed by atoms with Crippen molar-refractivity contribution in [3.05, 3.63) is 83.9 Å². The molecule has 2 heterocycles. The molecule has 1 N–H and O–H groups in total. The first-order chi connectivity index (χ1) is 16.8. The molecule has 0 amide bonds. The second-order valence-corrected chi connectivity index (χ2v) is 9.24. The number of benzene rings is 4. The van der Waals surface area contributed by atoms with Crippen LogP contribution in [0, 0.1) is 0 Å². The molecular weight excluding hydrogens is 422 g/mol. The minimum absolute atomic E-state index is 0.285. The summed E-state index contributed by atoms with van der Waals surface area (Å²) < 4.78 is 12.2. The summed E-state index contributed by atoms with van der Waals surface area (Å²) in [6.07, 6.45) is 2.62. The Kier molecular flexibility index (Phi) is 5.69. The topological polar surface area (TPSA) is 41.9 Å². The number of aromatic hydroxyl groups is 1. The molecule has 0 aliphatic carbocycles. The Labute approximate surface area is 200 Å². The van der Waals surface area contributed by atoms with Crippen LogP contribution in [0.2, 0.25) is 0 Å². The monoisotopic (exact) mass is 451 g/mol. The summed E-state index contributed by atoms with van der Waals surface area (Å²) in [5.74, 6) is 1.20. The van der Waals surface area contributed by atoms with E-state index in [4.69, 9.17) is 9.47 Å². The fourth-order valence-electron chi connectivity index (χ4n) is 5.34. The minimum atomic E-state index is 0.285. The van der Waals surface area contributed by atoms with Gasteiger partial charge >= 0.3 is 0 Å². The van der Waals surface area contributed by atoms with Crippen molar-refractivity contribution in [1.29, 1.82) is 0 Å². The maximum atomic E-state index is 9.88. The van der Waals surface area contributed by atoms with Crippen molar-refractivity contribution in [3.63, 3.8) is 0 Å². The van der Waals surface area contributed by atoms with E-state index in [0.29, 0.717) is 13.2 Å². The van der Waals surface area contributed by atoms with Crippen LogP contribution in [0.5, 0.6) is 11.5 Å². The number of fused-ring (bicyclic) bond motifs is 5. The van der Waals surface area contributed by atoms with Crippen molar-refractivity contribution in [3.8, 4) is 33.8 Å². The number of nitrogens with zero attached hydrogens (tertiary/aromatic N) is 1. The second kappa shape index (κ2) is 9.13. The van der Waals surface area contributed by atoms with Crippen molar-refractivity contribution in [2.45, 2.75) is 26.1 Å². The highest BCUT2D eigenvalue weighted by molar-refractivity contribution is 5.94. The zero-order chi connectivity index (χ0) is 22.9. The molecule has 4 aromatic rings. The molecular formula is C30H29NO3. The van der Waals surface area contributed by atoms with Crippen LogP contribution < -0.4 is 4.74 Å². The summed E-state index contributed by atoms with van der Waals surface area (Å²) in [5.41, 5.74) is 7.17. The highest BCUT2D eigenvalue weighted by Crippen LogP contribution is 2.40. The van der Waals surface area contributed by atoms with Gasteiger partial charge in [-0.05, 0) is 94.3 Å². The third kappa shape index (κ3) is 4.04. The normalized spacial score (nSPS) is 15.6. The van der Waals surface area contributed by atoms with Crippen molar-refractivity contribution >= 4 is 10.8 Å². The van der Waals surface area contributed by atoms with Gasteiger partial charge < -0.3 is 14.6 Å². The molecule has 0 aromatic heterocycles. The van der Waals surface area contributed by atoms with E-state index in [2.05, 4.69) is 59.5 Å². The molecule has 4 heteroatoms. The molecule has 34 heavy (non-hydrogen) atoms. The maximum Gasteiger partial charge on any atom is 0.119 e. The highest BCUT2D eigenvalue weighted by Gasteiger charge is 2.20. The molecule has 0 spiro atoms. The highest BCUT2D eigenvalue weighted by atomic mass is 16.5. The van der Waals surface area contributed by atoms with Crippen LogP contribution in [0.3, 0.4) is 0 Å². The van der Waals surface area contributed by atoms with Gasteiger partial charge in [-0.2, -0.15) is 0 Å². The Morgan fingerprint density at radius 2 is 1.56 bits per heavy atom. The quantitative estimate of drug-likeness (QED) is 0.382. The number of hydrogen-bond acceptors (Lipinski definition) is 4. The van der Waals surface area contributed by atoms with Gasteiger partial charge in [0.15, 0.2) is 0 Å². The number of hydrogen-bond donors (Lipinski definition) is 1. The first kappa shape index (κ1) is 21.2. The van der Waals surface area contributed by atoms with E-state index in [0.717, 1.165) is 29.7 Å². The van der Waals surface area contributed by atoms with Crippen molar-refractivity contribution in [2.24, 2.45) is 0 Å². The van der Waals surface area contributed by atoms with Crippen LogP contribution in [0.25, 0.3) is 33.0 Å². The third-order valence-corrected chi connectivity index (χ3v) is 7.11. The predicted molar refractivity (Wildman–Crippen MR) is 136 cm³/mol. The van der Waals surface area contributed by atoms with Crippen LogP contribution in [0.1, 0.15) is 24.0 Å². The van der Waals surface area contributed by atoms with E-state index < -0.39 is 0 Å². The molecule has 0 unspecified atom stereocenters. The van der Waals surface area contributed by atoms with Crippen molar-refractivity contribution in [1.82, 2.24) is 4.90 Å². The van der Waals surface area contributed by atoms with E-state index in [1.807, 2.05) is 12.1 Å². The number of likely N-dealkylation sites (tertiary alicyclic amines) is 1. The summed E-state index contributed by atoms with van der Waals surface area (Å²) >= 11 is 0. The predicted octanol–water partition coefficient (Wildman–Crippen LogP) is 6.38. The van der Waals surface area contributed by atoms with Crippen molar-refractivity contribution in [2.75, 3.05) is 26.2 Å². The Balaban J connectivity index is 1.29. The number of ether oxygens (including phenoxy) is 2. The summed E-state index contributed by atoms with van der Waals surface area (Å²) in [6.45, 7) is 5.24.